The van der Waals surface area contributed by atoms with Gasteiger partial charge in [0.1, 0.15) is 6.61 Å². The van der Waals surface area contributed by atoms with E-state index in [2.05, 4.69) is 105 Å². The molecule has 2 rings (SSSR count). The van der Waals surface area contributed by atoms with Gasteiger partial charge in [-0.05, 0) is 78.9 Å². The third-order valence-corrected chi connectivity index (χ3v) is 19.0. The predicted molar refractivity (Wildman–Crippen MR) is 168 cm³/mol. The number of rotatable bonds is 12. The third-order valence-electron chi connectivity index (χ3n) is 10.1. The van der Waals surface area contributed by atoms with Crippen molar-refractivity contribution in [3.8, 4) is 0 Å². The first-order valence-corrected chi connectivity index (χ1v) is 21.1. The fourth-order valence-electron chi connectivity index (χ4n) is 5.37. The lowest BCUT2D eigenvalue weighted by molar-refractivity contribution is 0.0788. The molecule has 5 nitrogen and oxygen atoms in total. The molecule has 7 heteroatoms. The van der Waals surface area contributed by atoms with Crippen molar-refractivity contribution < 1.29 is 23.1 Å². The molecule has 6 atom stereocenters. The largest absolute Gasteiger partial charge is 0.508 e. The Kier molecular flexibility index (Phi) is 11.8. The maximum absolute atomic E-state index is 11.6. The molecule has 2 aliphatic rings. The summed E-state index contributed by atoms with van der Waals surface area (Å²) in [6, 6.07) is 0. The van der Waals surface area contributed by atoms with Gasteiger partial charge in [-0.15, -0.1) is 0 Å². The molecular formula is C32H60O5Si2. The van der Waals surface area contributed by atoms with Gasteiger partial charge in [-0.2, -0.15) is 0 Å². The zero-order valence-electron chi connectivity index (χ0n) is 27.5. The van der Waals surface area contributed by atoms with Crippen molar-refractivity contribution in [2.45, 2.75) is 136 Å². The first kappa shape index (κ1) is 34.3. The van der Waals surface area contributed by atoms with Crippen LogP contribution in [-0.4, -0.2) is 48.7 Å². The number of hydrogen-bond donors (Lipinski definition) is 0. The van der Waals surface area contributed by atoms with Crippen molar-refractivity contribution >= 4 is 22.8 Å². The van der Waals surface area contributed by atoms with Gasteiger partial charge < -0.3 is 18.3 Å². The van der Waals surface area contributed by atoms with Crippen LogP contribution in [0, 0.1) is 23.7 Å². The summed E-state index contributed by atoms with van der Waals surface area (Å²) in [5.41, 5.74) is 1.20. The summed E-state index contributed by atoms with van der Waals surface area (Å²) in [7, 11) is -2.52. The van der Waals surface area contributed by atoms with E-state index in [0.29, 0.717) is 30.3 Å². The first-order valence-electron chi connectivity index (χ1n) is 15.3. The molecule has 0 saturated heterocycles. The SMILES string of the molecule is CCCCC(C)[C@@H](/C=C/[C@H]1[C@H]2CC(COC(=O)OC)=C[C@H]2C[C@H]1O[Si](C)(C)C(C)(C)C)O[Si](C)(C)C(C)(C)C. The van der Waals surface area contributed by atoms with Crippen molar-refractivity contribution in [2.24, 2.45) is 23.7 Å². The summed E-state index contributed by atoms with van der Waals surface area (Å²) >= 11 is 0. The lowest BCUT2D eigenvalue weighted by atomic mass is 9.88. The summed E-state index contributed by atoms with van der Waals surface area (Å²) in [4.78, 5) is 11.6. The number of methoxy groups -OCH3 is 1. The molecule has 0 aromatic heterocycles. The van der Waals surface area contributed by atoms with E-state index >= 15 is 0 Å². The molecule has 0 bridgehead atoms. The van der Waals surface area contributed by atoms with E-state index in [4.69, 9.17) is 13.6 Å². The first-order chi connectivity index (χ1) is 17.8. The van der Waals surface area contributed by atoms with Gasteiger partial charge in [0.2, 0.25) is 0 Å². The topological polar surface area (TPSA) is 54.0 Å². The average molecular weight is 581 g/mol. The van der Waals surface area contributed by atoms with E-state index in [1.54, 1.807) is 0 Å². The molecule has 0 radical (unpaired) electrons. The van der Waals surface area contributed by atoms with E-state index in [-0.39, 0.29) is 22.3 Å². The highest BCUT2D eigenvalue weighted by Crippen LogP contribution is 2.51. The predicted octanol–water partition coefficient (Wildman–Crippen LogP) is 9.52. The van der Waals surface area contributed by atoms with Crippen molar-refractivity contribution in [1.82, 2.24) is 0 Å². The molecule has 2 aliphatic carbocycles. The monoisotopic (exact) mass is 580 g/mol. The van der Waals surface area contributed by atoms with Gasteiger partial charge in [0, 0.05) is 5.92 Å². The standard InChI is InChI=1S/C32H60O5Si2/c1-14-15-16-23(2)28(36-38(10,11)31(3,4)5)18-17-26-27-20-24(22-35-30(33)34-9)19-25(27)21-29(26)37-39(12,13)32(6,7)8/h17-19,23,25-29H,14-16,20-22H2,1-13H3/b18-17+/t23?,25-,26-,27-,28+,29+/m0/s1. The number of carbonyl (C=O) groups excluding carboxylic acids is 1. The minimum absolute atomic E-state index is 0.113. The average Bonchev–Trinajstić information content (AvgIpc) is 3.33. The van der Waals surface area contributed by atoms with E-state index in [9.17, 15) is 4.79 Å². The van der Waals surface area contributed by atoms with Gasteiger partial charge in [-0.25, -0.2) is 4.79 Å². The molecule has 0 aromatic rings. The van der Waals surface area contributed by atoms with Gasteiger partial charge in [-0.3, -0.25) is 0 Å². The number of carbonyl (C=O) groups is 1. The zero-order chi connectivity index (χ0) is 29.8. The normalized spacial score (nSPS) is 25.9. The highest BCUT2D eigenvalue weighted by molar-refractivity contribution is 6.74. The lowest BCUT2D eigenvalue weighted by Gasteiger charge is -2.41. The van der Waals surface area contributed by atoms with Crippen LogP contribution in [0.4, 0.5) is 4.79 Å². The molecule has 226 valence electrons. The smallest absolute Gasteiger partial charge is 0.438 e. The van der Waals surface area contributed by atoms with Crippen LogP contribution in [0.5, 0.6) is 0 Å². The Morgan fingerprint density at radius 2 is 1.69 bits per heavy atom. The van der Waals surface area contributed by atoms with Crippen LogP contribution in [0.1, 0.15) is 87.5 Å². The minimum Gasteiger partial charge on any atom is -0.438 e. The molecule has 0 aliphatic heterocycles. The molecular weight excluding hydrogens is 521 g/mol. The summed E-state index contributed by atoms with van der Waals surface area (Å²) in [6.07, 6.45) is 12.5. The molecule has 1 unspecified atom stereocenters. The Bertz CT molecular complexity index is 865. The van der Waals surface area contributed by atoms with E-state index in [1.165, 1.54) is 31.9 Å². The highest BCUT2D eigenvalue weighted by atomic mass is 28.4. The van der Waals surface area contributed by atoms with Gasteiger partial charge in [-0.1, -0.05) is 86.5 Å². The Labute approximate surface area is 242 Å². The van der Waals surface area contributed by atoms with Crippen molar-refractivity contribution in [3.05, 3.63) is 23.8 Å². The molecule has 39 heavy (non-hydrogen) atoms. The Hall–Kier alpha value is -0.896. The van der Waals surface area contributed by atoms with Gasteiger partial charge in [0.05, 0.1) is 19.3 Å². The fourth-order valence-corrected chi connectivity index (χ4v) is 8.08. The number of unbranched alkanes of at least 4 members (excludes halogenated alkanes) is 1. The fraction of sp³-hybridized carbons (Fsp3) is 0.844. The van der Waals surface area contributed by atoms with E-state index in [0.717, 1.165) is 12.8 Å². The van der Waals surface area contributed by atoms with Gasteiger partial charge >= 0.3 is 6.16 Å². The molecule has 0 N–H and O–H groups in total. The maximum Gasteiger partial charge on any atom is 0.508 e. The van der Waals surface area contributed by atoms with Crippen LogP contribution < -0.4 is 0 Å². The number of ether oxygens (including phenoxy) is 2. The molecule has 1 fully saturated rings. The van der Waals surface area contributed by atoms with Crippen LogP contribution >= 0.6 is 0 Å². The lowest BCUT2D eigenvalue weighted by Crippen LogP contribution is -2.45. The third kappa shape index (κ3) is 9.04. The highest BCUT2D eigenvalue weighted by Gasteiger charge is 2.49. The maximum atomic E-state index is 11.6. The minimum atomic E-state index is -1.94. The number of fused-ring (bicyclic) bond motifs is 1. The molecule has 0 heterocycles. The quantitative estimate of drug-likeness (QED) is 0.131. The van der Waals surface area contributed by atoms with Crippen LogP contribution in [0.2, 0.25) is 36.3 Å². The Balaban J connectivity index is 2.35. The Morgan fingerprint density at radius 3 is 2.23 bits per heavy atom. The van der Waals surface area contributed by atoms with E-state index < -0.39 is 22.8 Å². The van der Waals surface area contributed by atoms with Crippen molar-refractivity contribution in [1.29, 1.82) is 0 Å². The molecule has 0 aromatic carbocycles. The van der Waals surface area contributed by atoms with Gasteiger partial charge in [0.15, 0.2) is 16.6 Å². The van der Waals surface area contributed by atoms with Crippen LogP contribution in [0.25, 0.3) is 0 Å². The molecule has 1 saturated carbocycles. The van der Waals surface area contributed by atoms with Crippen LogP contribution in [0.3, 0.4) is 0 Å². The van der Waals surface area contributed by atoms with Crippen LogP contribution in [-0.2, 0) is 18.3 Å². The molecule has 0 spiro atoms. The number of allylic oxidation sites excluding steroid dienone is 1. The summed E-state index contributed by atoms with van der Waals surface area (Å²) < 4.78 is 24.1. The number of hydrogen-bond acceptors (Lipinski definition) is 5. The summed E-state index contributed by atoms with van der Waals surface area (Å²) in [6.45, 7) is 28.3. The zero-order valence-corrected chi connectivity index (χ0v) is 29.5. The molecule has 0 amide bonds. The summed E-state index contributed by atoms with van der Waals surface area (Å²) in [5.74, 6) is 1.70. The van der Waals surface area contributed by atoms with Crippen LogP contribution in [0.15, 0.2) is 23.8 Å². The summed E-state index contributed by atoms with van der Waals surface area (Å²) in [5, 5.41) is 0.330. The Morgan fingerprint density at radius 1 is 1.08 bits per heavy atom. The second kappa shape index (κ2) is 13.4. The van der Waals surface area contributed by atoms with Gasteiger partial charge in [0.25, 0.3) is 0 Å². The van der Waals surface area contributed by atoms with Crippen molar-refractivity contribution in [3.63, 3.8) is 0 Å². The van der Waals surface area contributed by atoms with Crippen molar-refractivity contribution in [2.75, 3.05) is 13.7 Å². The second-order valence-corrected chi connectivity index (χ2v) is 24.7. The second-order valence-electron chi connectivity index (χ2n) is 15.2. The van der Waals surface area contributed by atoms with E-state index in [1.807, 2.05) is 0 Å².